The van der Waals surface area contributed by atoms with Crippen LogP contribution < -0.4 is 11.1 Å². The number of fused-ring (bicyclic) bond motifs is 1. The van der Waals surface area contributed by atoms with Crippen LogP contribution in [0.2, 0.25) is 0 Å². The summed E-state index contributed by atoms with van der Waals surface area (Å²) in [7, 11) is -0.786. The zero-order valence-corrected chi connectivity index (χ0v) is 23.6. The lowest BCUT2D eigenvalue weighted by molar-refractivity contribution is 0.589. The van der Waals surface area contributed by atoms with Crippen LogP contribution in [0.25, 0.3) is 33.3 Å². The Morgan fingerprint density at radius 1 is 0.800 bits per heavy atom. The number of rotatable bonds is 5. The Labute approximate surface area is 233 Å². The molecule has 3 aromatic heterocycles. The lowest BCUT2D eigenvalue weighted by atomic mass is 9.90. The first kappa shape index (κ1) is 26.1. The highest BCUT2D eigenvalue weighted by Gasteiger charge is 2.29. The molecule has 3 heterocycles. The lowest BCUT2D eigenvalue weighted by Gasteiger charge is -2.18. The van der Waals surface area contributed by atoms with Gasteiger partial charge in [0.15, 0.2) is 0 Å². The van der Waals surface area contributed by atoms with E-state index in [-0.39, 0.29) is 16.0 Å². The molecule has 8 heteroatoms. The molecule has 5 aromatic rings. The predicted octanol–water partition coefficient (Wildman–Crippen LogP) is 5.58. The van der Waals surface area contributed by atoms with Gasteiger partial charge in [0.1, 0.15) is 5.52 Å². The summed E-state index contributed by atoms with van der Waals surface area (Å²) in [4.78, 5) is 26.8. The van der Waals surface area contributed by atoms with Crippen LogP contribution in [0.1, 0.15) is 42.7 Å². The Balaban J connectivity index is 1.74. The monoisotopic (exact) mass is 553 g/mol. The minimum Gasteiger partial charge on any atom is -0.318 e. The second-order valence-electron chi connectivity index (χ2n) is 10.8. The molecule has 0 spiro atoms. The zero-order chi connectivity index (χ0) is 28.2. The van der Waals surface area contributed by atoms with E-state index in [9.17, 15) is 18.0 Å². The van der Waals surface area contributed by atoms with Crippen LogP contribution in [0.4, 0.5) is 0 Å². The van der Waals surface area contributed by atoms with E-state index in [1.807, 2.05) is 43.5 Å². The van der Waals surface area contributed by atoms with Crippen molar-refractivity contribution in [1.29, 1.82) is 0 Å². The van der Waals surface area contributed by atoms with E-state index >= 15 is 0 Å². The van der Waals surface area contributed by atoms with Gasteiger partial charge in [-0.25, -0.2) is 12.4 Å². The second kappa shape index (κ2) is 9.78. The van der Waals surface area contributed by atoms with Gasteiger partial charge < -0.3 is 9.13 Å². The van der Waals surface area contributed by atoms with Crippen molar-refractivity contribution in [1.82, 2.24) is 13.1 Å². The molecule has 40 heavy (non-hydrogen) atoms. The summed E-state index contributed by atoms with van der Waals surface area (Å²) in [6, 6.07) is 19.3. The van der Waals surface area contributed by atoms with Crippen molar-refractivity contribution in [2.45, 2.75) is 43.4 Å². The number of aryl methyl sites for hydroxylation is 3. The van der Waals surface area contributed by atoms with Gasteiger partial charge in [0.05, 0.1) is 10.6 Å². The molecule has 2 aromatic carbocycles. The van der Waals surface area contributed by atoms with Gasteiger partial charge in [-0.05, 0) is 60.6 Å². The molecule has 0 bridgehead atoms. The second-order valence-corrected chi connectivity index (χ2v) is 12.6. The molecule has 1 fully saturated rings. The standard InChI is InChI=1S/C32H31N3O4S/c1-21-13-15-24(16-14-21)40(38,39)35-29(23-11-5-4-6-12-23)17-26-28(20-34(3)32(37)31(26)35)25-18-30(36)33(2)19-27(25)22-9-7-8-10-22/h4-6,11-20,22H,7-10H2,1-3H3. The van der Waals surface area contributed by atoms with Crippen molar-refractivity contribution in [3.05, 3.63) is 111 Å². The maximum Gasteiger partial charge on any atom is 0.275 e. The van der Waals surface area contributed by atoms with E-state index in [4.69, 9.17) is 0 Å². The fraction of sp³-hybridized carbons (Fsp3) is 0.250. The van der Waals surface area contributed by atoms with Gasteiger partial charge in [-0.3, -0.25) is 9.59 Å². The first-order valence-corrected chi connectivity index (χ1v) is 14.9. The van der Waals surface area contributed by atoms with Crippen molar-refractivity contribution in [3.63, 3.8) is 0 Å². The Bertz CT molecular complexity index is 1980. The highest BCUT2D eigenvalue weighted by atomic mass is 32.2. The molecule has 0 unspecified atom stereocenters. The molecule has 0 saturated heterocycles. The van der Waals surface area contributed by atoms with Crippen LogP contribution in [0.5, 0.6) is 0 Å². The number of nitrogens with zero attached hydrogens (tertiary/aromatic N) is 3. The van der Waals surface area contributed by atoms with Crippen molar-refractivity contribution in [2.24, 2.45) is 14.1 Å². The van der Waals surface area contributed by atoms with Crippen molar-refractivity contribution in [2.75, 3.05) is 0 Å². The number of hydrogen-bond acceptors (Lipinski definition) is 4. The Kier molecular flexibility index (Phi) is 6.38. The number of hydrogen-bond donors (Lipinski definition) is 0. The molecule has 1 aliphatic rings. The van der Waals surface area contributed by atoms with E-state index in [0.717, 1.165) is 42.4 Å². The molecule has 0 N–H and O–H groups in total. The largest absolute Gasteiger partial charge is 0.318 e. The van der Waals surface area contributed by atoms with Gasteiger partial charge in [0, 0.05) is 43.5 Å². The van der Waals surface area contributed by atoms with Crippen LogP contribution in [0.3, 0.4) is 0 Å². The van der Waals surface area contributed by atoms with Gasteiger partial charge in [-0.15, -0.1) is 0 Å². The summed E-state index contributed by atoms with van der Waals surface area (Å²) in [5, 5.41) is 0.505. The third-order valence-corrected chi connectivity index (χ3v) is 9.79. The Morgan fingerprint density at radius 3 is 2.15 bits per heavy atom. The minimum atomic E-state index is -4.16. The van der Waals surface area contributed by atoms with Gasteiger partial charge >= 0.3 is 0 Å². The lowest BCUT2D eigenvalue weighted by Crippen LogP contribution is -2.23. The zero-order valence-electron chi connectivity index (χ0n) is 22.8. The summed E-state index contributed by atoms with van der Waals surface area (Å²) in [6.07, 6.45) is 7.94. The first-order chi connectivity index (χ1) is 19.2. The Hall–Kier alpha value is -4.17. The van der Waals surface area contributed by atoms with Crippen LogP contribution >= 0.6 is 0 Å². The molecule has 0 atom stereocenters. The number of benzene rings is 2. The van der Waals surface area contributed by atoms with Crippen molar-refractivity contribution in [3.8, 4) is 22.4 Å². The molecule has 0 aliphatic heterocycles. The highest BCUT2D eigenvalue weighted by Crippen LogP contribution is 2.41. The third-order valence-electron chi connectivity index (χ3n) is 8.07. The smallest absolute Gasteiger partial charge is 0.275 e. The van der Waals surface area contributed by atoms with E-state index < -0.39 is 15.6 Å². The first-order valence-electron chi connectivity index (χ1n) is 13.5. The average Bonchev–Trinajstić information content (AvgIpc) is 3.62. The molecule has 0 amide bonds. The highest BCUT2D eigenvalue weighted by molar-refractivity contribution is 7.90. The van der Waals surface area contributed by atoms with Gasteiger partial charge in [0.2, 0.25) is 0 Å². The SMILES string of the molecule is Cc1ccc(S(=O)(=O)n2c(-c3ccccc3)cc3c(-c4cc(=O)n(C)cc4C4CCCC4)cn(C)c(=O)c32)cc1. The van der Waals surface area contributed by atoms with E-state index in [0.29, 0.717) is 28.1 Å². The van der Waals surface area contributed by atoms with Gasteiger partial charge in [0.25, 0.3) is 21.1 Å². The van der Waals surface area contributed by atoms with Crippen molar-refractivity contribution < 1.29 is 8.42 Å². The third kappa shape index (κ3) is 4.23. The summed E-state index contributed by atoms with van der Waals surface area (Å²) < 4.78 is 32.7. The molecule has 7 nitrogen and oxygen atoms in total. The topological polar surface area (TPSA) is 83.1 Å². The summed E-state index contributed by atoms with van der Waals surface area (Å²) >= 11 is 0. The average molecular weight is 554 g/mol. The molecule has 1 aliphatic carbocycles. The predicted molar refractivity (Wildman–Crippen MR) is 158 cm³/mol. The fourth-order valence-electron chi connectivity index (χ4n) is 5.93. The maximum absolute atomic E-state index is 14.3. The molecule has 204 valence electrons. The van der Waals surface area contributed by atoms with E-state index in [2.05, 4.69) is 0 Å². The maximum atomic E-state index is 14.3. The minimum absolute atomic E-state index is 0.0671. The van der Waals surface area contributed by atoms with Crippen LogP contribution in [-0.4, -0.2) is 21.5 Å². The normalized spacial score (nSPS) is 14.3. The molecule has 1 saturated carbocycles. The molecular weight excluding hydrogens is 522 g/mol. The van der Waals surface area contributed by atoms with Crippen LogP contribution in [0.15, 0.2) is 93.6 Å². The number of aromatic nitrogens is 3. The van der Waals surface area contributed by atoms with Gasteiger partial charge in [-0.2, -0.15) is 0 Å². The van der Waals surface area contributed by atoms with Crippen molar-refractivity contribution >= 4 is 20.9 Å². The number of pyridine rings is 2. The molecule has 6 rings (SSSR count). The van der Waals surface area contributed by atoms with Gasteiger partial charge in [-0.1, -0.05) is 60.9 Å². The molecular formula is C32H31N3O4S. The summed E-state index contributed by atoms with van der Waals surface area (Å²) in [5.74, 6) is 0.293. The summed E-state index contributed by atoms with van der Waals surface area (Å²) in [6.45, 7) is 1.89. The Morgan fingerprint density at radius 2 is 1.48 bits per heavy atom. The molecule has 0 radical (unpaired) electrons. The summed E-state index contributed by atoms with van der Waals surface area (Å²) in [5.41, 5.74) is 3.95. The fourth-order valence-corrected chi connectivity index (χ4v) is 7.45. The van der Waals surface area contributed by atoms with Crippen LogP contribution in [-0.2, 0) is 24.1 Å². The van der Waals surface area contributed by atoms with E-state index in [1.54, 1.807) is 61.3 Å². The quantitative estimate of drug-likeness (QED) is 0.285. The van der Waals surface area contributed by atoms with Crippen LogP contribution in [0, 0.1) is 6.92 Å². The van der Waals surface area contributed by atoms with E-state index in [1.165, 1.54) is 8.54 Å².